The Bertz CT molecular complexity index is 1180. The minimum Gasteiger partial charge on any atom is -0.339 e. The van der Waals surface area contributed by atoms with Crippen LogP contribution in [0.4, 0.5) is 11.5 Å². The van der Waals surface area contributed by atoms with Gasteiger partial charge in [0.2, 0.25) is 0 Å². The van der Waals surface area contributed by atoms with Crippen LogP contribution in [-0.2, 0) is 13.5 Å². The number of hydrogen-bond acceptors (Lipinski definition) is 5. The van der Waals surface area contributed by atoms with Crippen LogP contribution in [0.3, 0.4) is 0 Å². The highest BCUT2D eigenvalue weighted by molar-refractivity contribution is 5.94. The lowest BCUT2D eigenvalue weighted by Crippen LogP contribution is -2.36. The lowest BCUT2D eigenvalue weighted by atomic mass is 10.0. The number of benzene rings is 1. The number of carbonyl (C=O) groups is 1. The van der Waals surface area contributed by atoms with Crippen molar-refractivity contribution in [2.45, 2.75) is 32.1 Å². The summed E-state index contributed by atoms with van der Waals surface area (Å²) < 4.78 is 1.35. The van der Waals surface area contributed by atoms with E-state index in [-0.39, 0.29) is 11.5 Å². The van der Waals surface area contributed by atoms with E-state index in [1.165, 1.54) is 11.1 Å². The van der Waals surface area contributed by atoms with E-state index in [0.717, 1.165) is 67.8 Å². The van der Waals surface area contributed by atoms with Gasteiger partial charge >= 0.3 is 0 Å². The number of pyridine rings is 1. The predicted molar refractivity (Wildman–Crippen MR) is 116 cm³/mol. The fourth-order valence-electron chi connectivity index (χ4n) is 4.51. The molecule has 0 saturated carbocycles. The van der Waals surface area contributed by atoms with Crippen molar-refractivity contribution in [2.24, 2.45) is 7.05 Å². The Balaban J connectivity index is 1.48. The molecule has 0 radical (unpaired) electrons. The topological polar surface area (TPSA) is 71.3 Å². The van der Waals surface area contributed by atoms with Crippen molar-refractivity contribution in [3.63, 3.8) is 0 Å². The standard InChI is InChI=1S/C23H25N5O2/c1-26-23(30)20-8-7-19(13-17(20)15-25-26)28-11-5-6-16-12-18(14-24-21(16)28)22(29)27-9-3-2-4-10-27/h7-8,12-15H,2-6,9-11H2,1H3. The molecule has 0 bridgehead atoms. The molecule has 0 aliphatic carbocycles. The maximum absolute atomic E-state index is 12.9. The smallest absolute Gasteiger partial charge is 0.274 e. The second-order valence-corrected chi connectivity index (χ2v) is 8.16. The Morgan fingerprint density at radius 1 is 1.00 bits per heavy atom. The van der Waals surface area contributed by atoms with E-state index in [1.807, 2.05) is 29.2 Å². The van der Waals surface area contributed by atoms with Crippen molar-refractivity contribution < 1.29 is 4.79 Å². The number of piperidine rings is 1. The highest BCUT2D eigenvalue weighted by atomic mass is 16.2. The van der Waals surface area contributed by atoms with Gasteiger partial charge in [-0.05, 0) is 61.9 Å². The van der Waals surface area contributed by atoms with Gasteiger partial charge in [0.25, 0.3) is 11.5 Å². The third-order valence-electron chi connectivity index (χ3n) is 6.16. The number of rotatable bonds is 2. The van der Waals surface area contributed by atoms with Gasteiger partial charge in [-0.3, -0.25) is 9.59 Å². The van der Waals surface area contributed by atoms with E-state index >= 15 is 0 Å². The molecule has 1 aromatic carbocycles. The molecule has 2 aliphatic heterocycles. The average molecular weight is 403 g/mol. The molecule has 7 nitrogen and oxygen atoms in total. The van der Waals surface area contributed by atoms with Crippen LogP contribution in [0.2, 0.25) is 0 Å². The van der Waals surface area contributed by atoms with Crippen LogP contribution in [-0.4, -0.2) is 45.2 Å². The molecular weight excluding hydrogens is 378 g/mol. The number of hydrogen-bond donors (Lipinski definition) is 0. The number of carbonyl (C=O) groups excluding carboxylic acids is 1. The fourth-order valence-corrected chi connectivity index (χ4v) is 4.51. The third kappa shape index (κ3) is 3.24. The van der Waals surface area contributed by atoms with Crippen LogP contribution < -0.4 is 10.5 Å². The van der Waals surface area contributed by atoms with Crippen molar-refractivity contribution >= 4 is 28.2 Å². The second kappa shape index (κ2) is 7.55. The van der Waals surface area contributed by atoms with Crippen molar-refractivity contribution in [1.82, 2.24) is 19.7 Å². The molecule has 0 atom stereocenters. The first-order chi connectivity index (χ1) is 14.6. The number of aromatic nitrogens is 3. The van der Waals surface area contributed by atoms with Crippen molar-refractivity contribution in [1.29, 1.82) is 0 Å². The molecular formula is C23H25N5O2. The number of anilines is 2. The lowest BCUT2D eigenvalue weighted by molar-refractivity contribution is 0.0724. The van der Waals surface area contributed by atoms with Gasteiger partial charge in [-0.25, -0.2) is 9.67 Å². The monoisotopic (exact) mass is 403 g/mol. The molecule has 1 amide bonds. The maximum atomic E-state index is 12.9. The van der Waals surface area contributed by atoms with Gasteiger partial charge in [-0.2, -0.15) is 5.10 Å². The summed E-state index contributed by atoms with van der Waals surface area (Å²) in [6.45, 7) is 2.53. The Morgan fingerprint density at radius 3 is 2.67 bits per heavy atom. The molecule has 4 heterocycles. The summed E-state index contributed by atoms with van der Waals surface area (Å²) in [6.07, 6.45) is 8.70. The molecule has 0 spiro atoms. The lowest BCUT2D eigenvalue weighted by Gasteiger charge is -2.31. The number of likely N-dealkylation sites (tertiary alicyclic amines) is 1. The van der Waals surface area contributed by atoms with E-state index in [2.05, 4.69) is 10.00 Å². The van der Waals surface area contributed by atoms with Crippen LogP contribution >= 0.6 is 0 Å². The number of amides is 1. The number of aryl methyl sites for hydroxylation is 2. The second-order valence-electron chi connectivity index (χ2n) is 8.16. The first kappa shape index (κ1) is 18.8. The Hall–Kier alpha value is -3.22. The Morgan fingerprint density at radius 2 is 1.83 bits per heavy atom. The normalized spacial score (nSPS) is 16.6. The molecule has 1 fully saturated rings. The number of fused-ring (bicyclic) bond motifs is 2. The molecule has 2 aromatic heterocycles. The van der Waals surface area contributed by atoms with Crippen molar-refractivity contribution in [2.75, 3.05) is 24.5 Å². The summed E-state index contributed by atoms with van der Waals surface area (Å²) in [5, 5.41) is 5.62. The van der Waals surface area contributed by atoms with Gasteiger partial charge in [0.05, 0.1) is 17.1 Å². The summed E-state index contributed by atoms with van der Waals surface area (Å²) in [5.41, 5.74) is 2.67. The quantitative estimate of drug-likeness (QED) is 0.658. The van der Waals surface area contributed by atoms with Gasteiger partial charge in [-0.1, -0.05) is 0 Å². The van der Waals surface area contributed by atoms with Crippen LogP contribution in [0.1, 0.15) is 41.6 Å². The SMILES string of the molecule is Cn1ncc2cc(N3CCCc4cc(C(=O)N5CCCCC5)cnc43)ccc2c1=O. The maximum Gasteiger partial charge on any atom is 0.274 e. The van der Waals surface area contributed by atoms with Crippen molar-refractivity contribution in [3.05, 3.63) is 58.1 Å². The molecule has 30 heavy (non-hydrogen) atoms. The molecule has 3 aromatic rings. The molecule has 7 heteroatoms. The van der Waals surface area contributed by atoms with E-state index in [0.29, 0.717) is 10.9 Å². The first-order valence-corrected chi connectivity index (χ1v) is 10.6. The third-order valence-corrected chi connectivity index (χ3v) is 6.16. The first-order valence-electron chi connectivity index (χ1n) is 10.6. The largest absolute Gasteiger partial charge is 0.339 e. The highest BCUT2D eigenvalue weighted by Gasteiger charge is 2.24. The molecule has 154 valence electrons. The van der Waals surface area contributed by atoms with Gasteiger partial charge in [0.1, 0.15) is 5.82 Å². The minimum atomic E-state index is -0.0999. The summed E-state index contributed by atoms with van der Waals surface area (Å²) in [6, 6.07) is 7.83. The van der Waals surface area contributed by atoms with Crippen LogP contribution in [0.25, 0.3) is 10.8 Å². The average Bonchev–Trinajstić information content (AvgIpc) is 2.80. The van der Waals surface area contributed by atoms with Gasteiger partial charge in [-0.15, -0.1) is 0 Å². The molecule has 1 saturated heterocycles. The predicted octanol–water partition coefficient (Wildman–Crippen LogP) is 3.04. The highest BCUT2D eigenvalue weighted by Crippen LogP contribution is 2.33. The van der Waals surface area contributed by atoms with Crippen LogP contribution in [0.5, 0.6) is 0 Å². The number of nitrogens with zero attached hydrogens (tertiary/aromatic N) is 5. The zero-order valence-corrected chi connectivity index (χ0v) is 17.2. The zero-order valence-electron chi connectivity index (χ0n) is 17.2. The summed E-state index contributed by atoms with van der Waals surface area (Å²) in [7, 11) is 1.66. The van der Waals surface area contributed by atoms with E-state index in [9.17, 15) is 9.59 Å². The molecule has 2 aliphatic rings. The summed E-state index contributed by atoms with van der Waals surface area (Å²) in [5.74, 6) is 0.988. The molecule has 5 rings (SSSR count). The summed E-state index contributed by atoms with van der Waals surface area (Å²) in [4.78, 5) is 34.0. The van der Waals surface area contributed by atoms with E-state index in [4.69, 9.17) is 4.98 Å². The van der Waals surface area contributed by atoms with Crippen molar-refractivity contribution in [3.8, 4) is 0 Å². The fraction of sp³-hybridized carbons (Fsp3) is 0.391. The van der Waals surface area contributed by atoms with Crippen LogP contribution in [0, 0.1) is 0 Å². The van der Waals surface area contributed by atoms with Gasteiger partial charge in [0.15, 0.2) is 0 Å². The Kier molecular flexibility index (Phi) is 4.73. The van der Waals surface area contributed by atoms with E-state index < -0.39 is 0 Å². The molecule has 0 unspecified atom stereocenters. The van der Waals surface area contributed by atoms with Gasteiger partial charge in [0, 0.05) is 44.0 Å². The molecule has 0 N–H and O–H groups in total. The van der Waals surface area contributed by atoms with E-state index in [1.54, 1.807) is 19.4 Å². The minimum absolute atomic E-state index is 0.0924. The Labute approximate surface area is 174 Å². The zero-order chi connectivity index (χ0) is 20.7. The van der Waals surface area contributed by atoms with Crippen LogP contribution in [0.15, 0.2) is 41.5 Å². The summed E-state index contributed by atoms with van der Waals surface area (Å²) >= 11 is 0. The van der Waals surface area contributed by atoms with Gasteiger partial charge < -0.3 is 9.80 Å².